The summed E-state index contributed by atoms with van der Waals surface area (Å²) in [4.78, 5) is 38.2. The van der Waals surface area contributed by atoms with Crippen LogP contribution in [-0.2, 0) is 28.6 Å². The highest BCUT2D eigenvalue weighted by Crippen LogP contribution is 2.19. The van der Waals surface area contributed by atoms with Crippen LogP contribution in [0.15, 0.2) is 24.3 Å². The van der Waals surface area contributed by atoms with Gasteiger partial charge < -0.3 is 14.2 Å². The molecule has 0 heterocycles. The molecule has 0 radical (unpaired) electrons. The van der Waals surface area contributed by atoms with Gasteiger partial charge in [0.2, 0.25) is 0 Å². The Bertz CT molecular complexity index is 1260. The SMILES string of the molecule is CCCCCCC/C=C\C/C=C\CCCCCCCCCCCCCCCCCCCC(=O)OCC(COC(=O)CCCCCCCCC)OC(=O)CCCCCCCCCCCCCCCCCCCCCCCCCC. The Morgan fingerprint density at radius 3 is 0.705 bits per heavy atom. The molecule has 0 aliphatic heterocycles. The van der Waals surface area contributed by atoms with Crippen molar-refractivity contribution < 1.29 is 28.6 Å². The predicted octanol–water partition coefficient (Wildman–Crippen LogP) is 24.2. The number of carbonyl (C=O) groups excluding carboxylic acids is 3. The van der Waals surface area contributed by atoms with Gasteiger partial charge in [0.1, 0.15) is 13.2 Å². The number of carbonyl (C=O) groups is 3. The first-order valence-corrected chi connectivity index (χ1v) is 35.3. The van der Waals surface area contributed by atoms with E-state index >= 15 is 0 Å². The van der Waals surface area contributed by atoms with Crippen LogP contribution < -0.4 is 0 Å². The Hall–Kier alpha value is -2.11. The zero-order valence-electron chi connectivity index (χ0n) is 53.0. The summed E-state index contributed by atoms with van der Waals surface area (Å²) in [6.07, 6.45) is 82.4. The maximum absolute atomic E-state index is 12.9. The molecule has 78 heavy (non-hydrogen) atoms. The second-order valence-corrected chi connectivity index (χ2v) is 24.2. The molecule has 0 aromatic heterocycles. The summed E-state index contributed by atoms with van der Waals surface area (Å²) < 4.78 is 16.9. The van der Waals surface area contributed by atoms with Crippen LogP contribution in [0.2, 0.25) is 0 Å². The van der Waals surface area contributed by atoms with Crippen LogP contribution in [0.5, 0.6) is 0 Å². The van der Waals surface area contributed by atoms with Crippen molar-refractivity contribution in [3.05, 3.63) is 24.3 Å². The fourth-order valence-electron chi connectivity index (χ4n) is 10.9. The molecule has 460 valence electrons. The molecule has 0 fully saturated rings. The molecule has 0 aromatic carbocycles. The second kappa shape index (κ2) is 67.4. The summed E-state index contributed by atoms with van der Waals surface area (Å²) in [7, 11) is 0. The number of hydrogen-bond acceptors (Lipinski definition) is 6. The van der Waals surface area contributed by atoms with Crippen molar-refractivity contribution >= 4 is 17.9 Å². The van der Waals surface area contributed by atoms with Gasteiger partial charge in [-0.05, 0) is 51.4 Å². The maximum atomic E-state index is 12.9. The predicted molar refractivity (Wildman–Crippen MR) is 340 cm³/mol. The molecular formula is C72H136O6. The molecule has 0 saturated heterocycles. The van der Waals surface area contributed by atoms with Gasteiger partial charge in [0.25, 0.3) is 0 Å². The average molecular weight is 1100 g/mol. The van der Waals surface area contributed by atoms with Crippen molar-refractivity contribution in [2.45, 2.75) is 406 Å². The Kier molecular flexibility index (Phi) is 65.6. The lowest BCUT2D eigenvalue weighted by atomic mass is 10.0. The van der Waals surface area contributed by atoms with E-state index in [-0.39, 0.29) is 31.1 Å². The summed E-state index contributed by atoms with van der Waals surface area (Å²) in [6, 6.07) is 0. The molecule has 0 saturated carbocycles. The third-order valence-electron chi connectivity index (χ3n) is 16.2. The molecule has 1 unspecified atom stereocenters. The number of ether oxygens (including phenoxy) is 3. The fourth-order valence-corrected chi connectivity index (χ4v) is 10.9. The van der Waals surface area contributed by atoms with Crippen LogP contribution >= 0.6 is 0 Å². The van der Waals surface area contributed by atoms with Crippen molar-refractivity contribution in [3.8, 4) is 0 Å². The molecular weight excluding hydrogens is 961 g/mol. The van der Waals surface area contributed by atoms with Crippen LogP contribution in [0, 0.1) is 0 Å². The van der Waals surface area contributed by atoms with Crippen LogP contribution in [0.3, 0.4) is 0 Å². The van der Waals surface area contributed by atoms with E-state index in [4.69, 9.17) is 14.2 Å². The normalized spacial score (nSPS) is 12.1. The van der Waals surface area contributed by atoms with Gasteiger partial charge in [0, 0.05) is 19.3 Å². The van der Waals surface area contributed by atoms with E-state index in [1.165, 1.54) is 295 Å². The van der Waals surface area contributed by atoms with E-state index < -0.39 is 6.10 Å². The average Bonchev–Trinajstić information content (AvgIpc) is 3.44. The van der Waals surface area contributed by atoms with E-state index in [1.807, 2.05) is 0 Å². The van der Waals surface area contributed by atoms with E-state index in [0.29, 0.717) is 19.3 Å². The number of esters is 3. The van der Waals surface area contributed by atoms with Gasteiger partial charge in [0.05, 0.1) is 0 Å². The first-order valence-electron chi connectivity index (χ1n) is 35.3. The summed E-state index contributed by atoms with van der Waals surface area (Å²) >= 11 is 0. The maximum Gasteiger partial charge on any atom is 0.306 e. The van der Waals surface area contributed by atoms with Gasteiger partial charge in [-0.3, -0.25) is 14.4 Å². The summed E-state index contributed by atoms with van der Waals surface area (Å²) in [5.74, 6) is -0.841. The first kappa shape index (κ1) is 75.9. The van der Waals surface area contributed by atoms with Gasteiger partial charge in [0.15, 0.2) is 6.10 Å². The molecule has 1 atom stereocenters. The topological polar surface area (TPSA) is 78.9 Å². The second-order valence-electron chi connectivity index (χ2n) is 24.2. The molecule has 0 bridgehead atoms. The van der Waals surface area contributed by atoms with Crippen LogP contribution in [0.25, 0.3) is 0 Å². The van der Waals surface area contributed by atoms with E-state index in [2.05, 4.69) is 45.1 Å². The van der Waals surface area contributed by atoms with Gasteiger partial charge in [-0.2, -0.15) is 0 Å². The van der Waals surface area contributed by atoms with E-state index in [1.54, 1.807) is 0 Å². The molecule has 6 nitrogen and oxygen atoms in total. The third kappa shape index (κ3) is 64.7. The largest absolute Gasteiger partial charge is 0.462 e. The molecule has 0 rings (SSSR count). The number of allylic oxidation sites excluding steroid dienone is 4. The lowest BCUT2D eigenvalue weighted by Gasteiger charge is -2.18. The van der Waals surface area contributed by atoms with Gasteiger partial charge in [-0.1, -0.05) is 353 Å². The van der Waals surface area contributed by atoms with Crippen molar-refractivity contribution in [2.75, 3.05) is 13.2 Å². The van der Waals surface area contributed by atoms with Crippen molar-refractivity contribution in [2.24, 2.45) is 0 Å². The van der Waals surface area contributed by atoms with Crippen molar-refractivity contribution in [3.63, 3.8) is 0 Å². The van der Waals surface area contributed by atoms with Crippen molar-refractivity contribution in [1.29, 1.82) is 0 Å². The zero-order valence-corrected chi connectivity index (χ0v) is 53.0. The minimum Gasteiger partial charge on any atom is -0.462 e. The Balaban J connectivity index is 4.00. The summed E-state index contributed by atoms with van der Waals surface area (Å²) in [5, 5.41) is 0. The highest BCUT2D eigenvalue weighted by molar-refractivity contribution is 5.71. The van der Waals surface area contributed by atoms with Crippen LogP contribution in [0.4, 0.5) is 0 Å². The van der Waals surface area contributed by atoms with Gasteiger partial charge in [-0.15, -0.1) is 0 Å². The minimum atomic E-state index is -0.765. The Labute approximate surface area is 487 Å². The first-order chi connectivity index (χ1) is 38.5. The Morgan fingerprint density at radius 2 is 0.462 bits per heavy atom. The number of rotatable bonds is 66. The number of hydrogen-bond donors (Lipinski definition) is 0. The highest BCUT2D eigenvalue weighted by atomic mass is 16.6. The van der Waals surface area contributed by atoms with Gasteiger partial charge >= 0.3 is 17.9 Å². The fraction of sp³-hybridized carbons (Fsp3) is 0.903. The smallest absolute Gasteiger partial charge is 0.306 e. The quantitative estimate of drug-likeness (QED) is 0.0261. The molecule has 0 spiro atoms. The summed E-state index contributed by atoms with van der Waals surface area (Å²) in [5.41, 5.74) is 0. The standard InChI is InChI=1S/C72H136O6/c1-4-7-10-13-16-18-20-22-24-26-28-30-32-34-35-36-37-38-40-41-43-45-47-49-51-53-56-59-62-65-71(74)77-68-69(67-76-70(73)64-61-58-55-15-12-9-6-3)78-72(75)66-63-60-57-54-52-50-48-46-44-42-39-33-31-29-27-25-23-21-19-17-14-11-8-5-2/h20,22,26,28,69H,4-19,21,23-25,27,29-68H2,1-3H3/b22-20-,28-26-. The highest BCUT2D eigenvalue weighted by Gasteiger charge is 2.19. The molecule has 0 aliphatic carbocycles. The lowest BCUT2D eigenvalue weighted by Crippen LogP contribution is -2.30. The Morgan fingerprint density at radius 1 is 0.256 bits per heavy atom. The minimum absolute atomic E-state index is 0.0645. The molecule has 0 aliphatic rings. The van der Waals surface area contributed by atoms with E-state index in [0.717, 1.165) is 64.2 Å². The lowest BCUT2D eigenvalue weighted by molar-refractivity contribution is -0.167. The number of unbranched alkanes of at least 4 members (excludes halogenated alkanes) is 51. The zero-order chi connectivity index (χ0) is 56.4. The molecule has 0 amide bonds. The molecule has 0 N–H and O–H groups in total. The van der Waals surface area contributed by atoms with Gasteiger partial charge in [-0.25, -0.2) is 0 Å². The molecule has 6 heteroatoms. The van der Waals surface area contributed by atoms with Crippen LogP contribution in [0.1, 0.15) is 400 Å². The van der Waals surface area contributed by atoms with E-state index in [9.17, 15) is 14.4 Å². The monoisotopic (exact) mass is 1100 g/mol. The third-order valence-corrected chi connectivity index (χ3v) is 16.2. The van der Waals surface area contributed by atoms with Crippen molar-refractivity contribution in [1.82, 2.24) is 0 Å². The molecule has 0 aromatic rings. The summed E-state index contributed by atoms with van der Waals surface area (Å²) in [6.45, 7) is 6.67. The van der Waals surface area contributed by atoms with Crippen LogP contribution in [-0.4, -0.2) is 37.2 Å².